The Morgan fingerprint density at radius 3 is 3.00 bits per heavy atom. The van der Waals surface area contributed by atoms with Gasteiger partial charge in [-0.2, -0.15) is 0 Å². The van der Waals surface area contributed by atoms with Crippen LogP contribution in [-0.4, -0.2) is 31.4 Å². The molecule has 0 fully saturated rings. The standard InChI is InChI=1S/C13H16O4/c1-16-7-6-13(12(14)15)8-10-4-2-3-5-11(10)17-9-13/h2-5H,6-9H2,1H3,(H,14,15). The quantitative estimate of drug-likeness (QED) is 0.865. The third-order valence-electron chi connectivity index (χ3n) is 3.24. The molecule has 2 rings (SSSR count). The highest BCUT2D eigenvalue weighted by atomic mass is 16.5. The maximum absolute atomic E-state index is 11.5. The molecule has 0 bridgehead atoms. The molecule has 1 unspecified atom stereocenters. The van der Waals surface area contributed by atoms with Gasteiger partial charge in [0.15, 0.2) is 0 Å². The summed E-state index contributed by atoms with van der Waals surface area (Å²) in [7, 11) is 1.58. The van der Waals surface area contributed by atoms with E-state index < -0.39 is 11.4 Å². The molecule has 0 aliphatic carbocycles. The summed E-state index contributed by atoms with van der Waals surface area (Å²) < 4.78 is 10.6. The minimum Gasteiger partial charge on any atom is -0.492 e. The summed E-state index contributed by atoms with van der Waals surface area (Å²) >= 11 is 0. The van der Waals surface area contributed by atoms with Crippen molar-refractivity contribution in [3.8, 4) is 5.75 Å². The van der Waals surface area contributed by atoms with Crippen LogP contribution in [0.25, 0.3) is 0 Å². The molecule has 1 aromatic rings. The lowest BCUT2D eigenvalue weighted by Gasteiger charge is -2.34. The van der Waals surface area contributed by atoms with Crippen molar-refractivity contribution in [2.24, 2.45) is 5.41 Å². The van der Waals surface area contributed by atoms with E-state index in [1.807, 2.05) is 24.3 Å². The molecule has 0 saturated heterocycles. The van der Waals surface area contributed by atoms with E-state index in [1.165, 1.54) is 0 Å². The van der Waals surface area contributed by atoms with Crippen molar-refractivity contribution in [3.63, 3.8) is 0 Å². The Hall–Kier alpha value is -1.55. The average molecular weight is 236 g/mol. The van der Waals surface area contributed by atoms with Crippen molar-refractivity contribution in [3.05, 3.63) is 29.8 Å². The first-order chi connectivity index (χ1) is 8.18. The Morgan fingerprint density at radius 2 is 2.29 bits per heavy atom. The highest BCUT2D eigenvalue weighted by Gasteiger charge is 2.42. The maximum Gasteiger partial charge on any atom is 0.313 e. The SMILES string of the molecule is COCCC1(C(=O)O)COc2ccccc2C1. The first-order valence-electron chi connectivity index (χ1n) is 5.61. The van der Waals surface area contributed by atoms with E-state index in [0.717, 1.165) is 11.3 Å². The highest BCUT2D eigenvalue weighted by molar-refractivity contribution is 5.76. The molecular weight excluding hydrogens is 220 g/mol. The van der Waals surface area contributed by atoms with Gasteiger partial charge in [0.25, 0.3) is 0 Å². The molecule has 1 N–H and O–H groups in total. The van der Waals surface area contributed by atoms with E-state index in [4.69, 9.17) is 9.47 Å². The topological polar surface area (TPSA) is 55.8 Å². The molecule has 17 heavy (non-hydrogen) atoms. The second-order valence-electron chi connectivity index (χ2n) is 4.40. The molecule has 0 radical (unpaired) electrons. The average Bonchev–Trinajstić information content (AvgIpc) is 2.36. The van der Waals surface area contributed by atoms with Gasteiger partial charge in [-0.25, -0.2) is 0 Å². The summed E-state index contributed by atoms with van der Waals surface area (Å²) in [6, 6.07) is 7.58. The van der Waals surface area contributed by atoms with Crippen LogP contribution in [0.2, 0.25) is 0 Å². The fraction of sp³-hybridized carbons (Fsp3) is 0.462. The Morgan fingerprint density at radius 1 is 1.53 bits per heavy atom. The van der Waals surface area contributed by atoms with Crippen LogP contribution < -0.4 is 4.74 Å². The Labute approximate surface area is 100 Å². The van der Waals surface area contributed by atoms with E-state index in [1.54, 1.807) is 7.11 Å². The van der Waals surface area contributed by atoms with Crippen molar-refractivity contribution in [2.75, 3.05) is 20.3 Å². The zero-order valence-corrected chi connectivity index (χ0v) is 9.81. The highest BCUT2D eigenvalue weighted by Crippen LogP contribution is 2.37. The molecule has 1 atom stereocenters. The molecule has 4 nitrogen and oxygen atoms in total. The van der Waals surface area contributed by atoms with Gasteiger partial charge in [0.2, 0.25) is 0 Å². The lowest BCUT2D eigenvalue weighted by atomic mass is 9.78. The van der Waals surface area contributed by atoms with Gasteiger partial charge in [-0.3, -0.25) is 4.79 Å². The Kier molecular flexibility index (Phi) is 3.33. The molecule has 92 valence electrons. The van der Waals surface area contributed by atoms with Crippen molar-refractivity contribution < 1.29 is 19.4 Å². The predicted molar refractivity (Wildman–Crippen MR) is 62.2 cm³/mol. The summed E-state index contributed by atoms with van der Waals surface area (Å²) in [6.07, 6.45) is 0.967. The third kappa shape index (κ3) is 2.26. The maximum atomic E-state index is 11.5. The van der Waals surface area contributed by atoms with Crippen LogP contribution in [0.1, 0.15) is 12.0 Å². The number of carboxylic acids is 1. The van der Waals surface area contributed by atoms with E-state index in [0.29, 0.717) is 19.4 Å². The summed E-state index contributed by atoms with van der Waals surface area (Å²) in [5, 5.41) is 9.41. The lowest BCUT2D eigenvalue weighted by molar-refractivity contribution is -0.153. The Balaban J connectivity index is 2.24. The number of fused-ring (bicyclic) bond motifs is 1. The number of methoxy groups -OCH3 is 1. The van der Waals surface area contributed by atoms with E-state index in [-0.39, 0.29) is 6.61 Å². The van der Waals surface area contributed by atoms with Crippen molar-refractivity contribution in [2.45, 2.75) is 12.8 Å². The zero-order valence-electron chi connectivity index (χ0n) is 9.81. The number of para-hydroxylation sites is 1. The van der Waals surface area contributed by atoms with Crippen LogP contribution in [0.3, 0.4) is 0 Å². The number of rotatable bonds is 4. The number of carboxylic acid groups (broad SMARTS) is 1. The molecule has 1 heterocycles. The van der Waals surface area contributed by atoms with Gasteiger partial charge in [-0.05, 0) is 24.5 Å². The number of ether oxygens (including phenoxy) is 2. The molecule has 1 aliphatic rings. The van der Waals surface area contributed by atoms with Gasteiger partial charge in [0.1, 0.15) is 17.8 Å². The smallest absolute Gasteiger partial charge is 0.313 e. The molecule has 4 heteroatoms. The third-order valence-corrected chi connectivity index (χ3v) is 3.24. The van der Waals surface area contributed by atoms with E-state index in [2.05, 4.69) is 0 Å². The second-order valence-corrected chi connectivity index (χ2v) is 4.40. The fourth-order valence-electron chi connectivity index (χ4n) is 2.12. The minimum absolute atomic E-state index is 0.211. The van der Waals surface area contributed by atoms with Crippen molar-refractivity contribution in [1.29, 1.82) is 0 Å². The summed E-state index contributed by atoms with van der Waals surface area (Å²) in [6.45, 7) is 0.639. The Bertz CT molecular complexity index is 416. The molecular formula is C13H16O4. The fourth-order valence-corrected chi connectivity index (χ4v) is 2.12. The second kappa shape index (κ2) is 4.75. The number of hydrogen-bond acceptors (Lipinski definition) is 3. The van der Waals surface area contributed by atoms with E-state index >= 15 is 0 Å². The van der Waals surface area contributed by atoms with Gasteiger partial charge < -0.3 is 14.6 Å². The van der Waals surface area contributed by atoms with Crippen LogP contribution in [0.5, 0.6) is 5.75 Å². The zero-order chi connectivity index (χ0) is 12.3. The summed E-state index contributed by atoms with van der Waals surface area (Å²) in [5.74, 6) is -0.0224. The molecule has 0 spiro atoms. The largest absolute Gasteiger partial charge is 0.492 e. The van der Waals surface area contributed by atoms with Crippen LogP contribution >= 0.6 is 0 Å². The summed E-state index contributed by atoms with van der Waals surface area (Å²) in [5.41, 5.74) is 0.0990. The summed E-state index contributed by atoms with van der Waals surface area (Å²) in [4.78, 5) is 11.5. The molecule has 0 saturated carbocycles. The monoisotopic (exact) mass is 236 g/mol. The molecule has 1 aromatic carbocycles. The van der Waals surface area contributed by atoms with Gasteiger partial charge in [0, 0.05) is 13.7 Å². The van der Waals surface area contributed by atoms with Crippen molar-refractivity contribution in [1.82, 2.24) is 0 Å². The van der Waals surface area contributed by atoms with Crippen LogP contribution in [-0.2, 0) is 16.0 Å². The van der Waals surface area contributed by atoms with Crippen LogP contribution in [0.4, 0.5) is 0 Å². The number of carbonyl (C=O) groups is 1. The molecule has 0 amide bonds. The minimum atomic E-state index is -0.857. The van der Waals surface area contributed by atoms with Gasteiger partial charge >= 0.3 is 5.97 Å². The van der Waals surface area contributed by atoms with Crippen LogP contribution in [0, 0.1) is 5.41 Å². The number of benzene rings is 1. The van der Waals surface area contributed by atoms with E-state index in [9.17, 15) is 9.90 Å². The van der Waals surface area contributed by atoms with Gasteiger partial charge in [-0.15, -0.1) is 0 Å². The van der Waals surface area contributed by atoms with Crippen LogP contribution in [0.15, 0.2) is 24.3 Å². The first-order valence-corrected chi connectivity index (χ1v) is 5.61. The number of hydrogen-bond donors (Lipinski definition) is 1. The predicted octanol–water partition coefficient (Wildman–Crippen LogP) is 1.73. The number of aliphatic carboxylic acids is 1. The molecule has 1 aliphatic heterocycles. The lowest BCUT2D eigenvalue weighted by Crippen LogP contribution is -2.42. The van der Waals surface area contributed by atoms with Gasteiger partial charge in [-0.1, -0.05) is 18.2 Å². The first kappa shape index (κ1) is 11.9. The van der Waals surface area contributed by atoms with Crippen molar-refractivity contribution >= 4 is 5.97 Å². The normalized spacial score (nSPS) is 22.6. The molecule has 0 aromatic heterocycles. The van der Waals surface area contributed by atoms with Gasteiger partial charge in [0.05, 0.1) is 0 Å².